The topological polar surface area (TPSA) is 73.0 Å². The van der Waals surface area contributed by atoms with Crippen molar-refractivity contribution in [2.24, 2.45) is 4.99 Å². The molecule has 2 heterocycles. The third kappa shape index (κ3) is 6.25. The second kappa shape index (κ2) is 11.9. The molecule has 160 valence electrons. The zero-order valence-corrected chi connectivity index (χ0v) is 19.6. The number of aromatic nitrogens is 1. The van der Waals surface area contributed by atoms with E-state index in [4.69, 9.17) is 9.73 Å². The fourth-order valence-electron chi connectivity index (χ4n) is 3.53. The molecule has 1 fully saturated rings. The Labute approximate surface area is 189 Å². The van der Waals surface area contributed by atoms with Gasteiger partial charge in [0.2, 0.25) is 0 Å². The van der Waals surface area contributed by atoms with Gasteiger partial charge in [0, 0.05) is 56.4 Å². The van der Waals surface area contributed by atoms with Gasteiger partial charge in [0.1, 0.15) is 0 Å². The average Bonchev–Trinajstić information content (AvgIpc) is 3.14. The van der Waals surface area contributed by atoms with Crippen LogP contribution in [0.1, 0.15) is 25.8 Å². The Hall–Kier alpha value is -1.97. The first-order valence-corrected chi connectivity index (χ1v) is 10.2. The van der Waals surface area contributed by atoms with Gasteiger partial charge in [-0.2, -0.15) is 0 Å². The number of benzene rings is 1. The predicted molar refractivity (Wildman–Crippen MR) is 128 cm³/mol. The molecule has 1 aromatic carbocycles. The third-order valence-corrected chi connectivity index (χ3v) is 4.98. The van der Waals surface area contributed by atoms with E-state index in [1.807, 2.05) is 6.92 Å². The van der Waals surface area contributed by atoms with Crippen molar-refractivity contribution in [1.29, 1.82) is 0 Å². The van der Waals surface area contributed by atoms with Crippen LogP contribution in [0.5, 0.6) is 0 Å². The molecule has 8 heteroatoms. The van der Waals surface area contributed by atoms with Crippen LogP contribution in [0.25, 0.3) is 10.9 Å². The van der Waals surface area contributed by atoms with Crippen LogP contribution < -0.4 is 5.32 Å². The van der Waals surface area contributed by atoms with E-state index >= 15 is 0 Å². The van der Waals surface area contributed by atoms with Gasteiger partial charge in [0.15, 0.2) is 5.96 Å². The Morgan fingerprint density at radius 3 is 2.62 bits per heavy atom. The number of hydrogen-bond acceptors (Lipinski definition) is 3. The fourth-order valence-corrected chi connectivity index (χ4v) is 3.53. The number of ether oxygens (including phenoxy) is 1. The smallest absolute Gasteiger partial charge is 0.409 e. The quantitative estimate of drug-likeness (QED) is 0.269. The van der Waals surface area contributed by atoms with Gasteiger partial charge in [-0.1, -0.05) is 18.2 Å². The van der Waals surface area contributed by atoms with E-state index in [0.717, 1.165) is 45.0 Å². The predicted octanol–water partition coefficient (Wildman–Crippen LogP) is 3.46. The summed E-state index contributed by atoms with van der Waals surface area (Å²) in [7, 11) is 0. The van der Waals surface area contributed by atoms with Crippen molar-refractivity contribution in [2.75, 3.05) is 45.9 Å². The van der Waals surface area contributed by atoms with Gasteiger partial charge in [-0.15, -0.1) is 24.0 Å². The lowest BCUT2D eigenvalue weighted by molar-refractivity contribution is 0.0914. The first-order valence-electron chi connectivity index (χ1n) is 10.2. The molecule has 1 aliphatic rings. The second-order valence-corrected chi connectivity index (χ2v) is 6.87. The standard InChI is InChI=1S/C21H31N5O2.HI/c1-3-22-20(25-12-14-26(15-13-25)21(27)28-4-2)23-11-7-8-17-16-24-19-10-6-5-9-18(17)19;/h5-6,9-10,16,24H,3-4,7-8,11-15H2,1-2H3,(H,22,23);1H. The SMILES string of the molecule is CCNC(=NCCCc1c[nH]c2ccccc12)N1CCN(C(=O)OCC)CC1.I. The maximum Gasteiger partial charge on any atom is 0.409 e. The van der Waals surface area contributed by atoms with E-state index < -0.39 is 0 Å². The molecule has 0 radical (unpaired) electrons. The molecule has 0 spiro atoms. The lowest BCUT2D eigenvalue weighted by Gasteiger charge is -2.35. The number of rotatable bonds is 6. The molecule has 29 heavy (non-hydrogen) atoms. The number of amides is 1. The number of aromatic amines is 1. The number of carbonyl (C=O) groups excluding carboxylic acids is 1. The van der Waals surface area contributed by atoms with Gasteiger partial charge in [0.05, 0.1) is 6.61 Å². The Morgan fingerprint density at radius 2 is 1.90 bits per heavy atom. The first-order chi connectivity index (χ1) is 13.7. The van der Waals surface area contributed by atoms with Gasteiger partial charge in [0.25, 0.3) is 0 Å². The van der Waals surface area contributed by atoms with Crippen LogP contribution in [0, 0.1) is 0 Å². The van der Waals surface area contributed by atoms with Gasteiger partial charge >= 0.3 is 6.09 Å². The molecule has 7 nitrogen and oxygen atoms in total. The number of para-hydroxylation sites is 1. The lowest BCUT2D eigenvalue weighted by atomic mass is 10.1. The number of hydrogen-bond donors (Lipinski definition) is 2. The minimum atomic E-state index is -0.220. The van der Waals surface area contributed by atoms with Crippen molar-refractivity contribution in [2.45, 2.75) is 26.7 Å². The molecule has 0 aliphatic carbocycles. The first kappa shape index (κ1) is 23.3. The van der Waals surface area contributed by atoms with E-state index in [9.17, 15) is 4.79 Å². The number of fused-ring (bicyclic) bond motifs is 1. The van der Waals surface area contributed by atoms with E-state index in [0.29, 0.717) is 19.7 Å². The lowest BCUT2D eigenvalue weighted by Crippen LogP contribution is -2.53. The van der Waals surface area contributed by atoms with Crippen molar-refractivity contribution >= 4 is 46.9 Å². The van der Waals surface area contributed by atoms with Crippen molar-refractivity contribution in [1.82, 2.24) is 20.1 Å². The summed E-state index contributed by atoms with van der Waals surface area (Å²) in [6.45, 7) is 8.81. The minimum absolute atomic E-state index is 0. The van der Waals surface area contributed by atoms with Gasteiger partial charge < -0.3 is 24.8 Å². The molecule has 0 saturated carbocycles. The molecule has 1 aliphatic heterocycles. The largest absolute Gasteiger partial charge is 0.450 e. The van der Waals surface area contributed by atoms with E-state index in [-0.39, 0.29) is 30.1 Å². The summed E-state index contributed by atoms with van der Waals surface area (Å²) in [5.74, 6) is 0.935. The zero-order valence-electron chi connectivity index (χ0n) is 17.3. The maximum atomic E-state index is 11.9. The molecule has 0 atom stereocenters. The highest BCUT2D eigenvalue weighted by Crippen LogP contribution is 2.18. The van der Waals surface area contributed by atoms with E-state index in [1.165, 1.54) is 16.5 Å². The molecule has 2 N–H and O–H groups in total. The van der Waals surface area contributed by atoms with Crippen LogP contribution in [0.15, 0.2) is 35.5 Å². The van der Waals surface area contributed by atoms with Crippen molar-refractivity contribution in [3.05, 3.63) is 36.0 Å². The Morgan fingerprint density at radius 1 is 1.17 bits per heavy atom. The van der Waals surface area contributed by atoms with Crippen LogP contribution in [0.4, 0.5) is 4.79 Å². The highest BCUT2D eigenvalue weighted by molar-refractivity contribution is 14.0. The van der Waals surface area contributed by atoms with Crippen molar-refractivity contribution in [3.63, 3.8) is 0 Å². The fraction of sp³-hybridized carbons (Fsp3) is 0.524. The van der Waals surface area contributed by atoms with Crippen molar-refractivity contribution < 1.29 is 9.53 Å². The van der Waals surface area contributed by atoms with Gasteiger partial charge in [-0.3, -0.25) is 4.99 Å². The number of piperazine rings is 1. The molecular formula is C21H32IN5O2. The molecular weight excluding hydrogens is 481 g/mol. The van der Waals surface area contributed by atoms with E-state index in [2.05, 4.69) is 52.6 Å². The number of nitrogens with one attached hydrogen (secondary N) is 2. The summed E-state index contributed by atoms with van der Waals surface area (Å²) < 4.78 is 5.09. The van der Waals surface area contributed by atoms with Crippen LogP contribution in [0.2, 0.25) is 0 Å². The number of halogens is 1. The number of H-pyrrole nitrogens is 1. The van der Waals surface area contributed by atoms with E-state index in [1.54, 1.807) is 4.90 Å². The summed E-state index contributed by atoms with van der Waals surface area (Å²) in [5, 5.41) is 4.68. The highest BCUT2D eigenvalue weighted by Gasteiger charge is 2.23. The van der Waals surface area contributed by atoms with Crippen LogP contribution in [-0.2, 0) is 11.2 Å². The Kier molecular flexibility index (Phi) is 9.56. The van der Waals surface area contributed by atoms with Crippen LogP contribution in [-0.4, -0.2) is 72.7 Å². The van der Waals surface area contributed by atoms with Gasteiger partial charge in [-0.05, 0) is 38.3 Å². The minimum Gasteiger partial charge on any atom is -0.450 e. The molecule has 1 aromatic heterocycles. The number of guanidine groups is 1. The van der Waals surface area contributed by atoms with Crippen molar-refractivity contribution in [3.8, 4) is 0 Å². The number of aliphatic imine (C=N–C) groups is 1. The average molecular weight is 513 g/mol. The highest BCUT2D eigenvalue weighted by atomic mass is 127. The number of nitrogens with zero attached hydrogens (tertiary/aromatic N) is 3. The van der Waals surface area contributed by atoms with Crippen LogP contribution >= 0.6 is 24.0 Å². The maximum absolute atomic E-state index is 11.9. The number of carbonyl (C=O) groups is 1. The normalized spacial score (nSPS) is 14.6. The van der Waals surface area contributed by atoms with Crippen LogP contribution in [0.3, 0.4) is 0 Å². The summed E-state index contributed by atoms with van der Waals surface area (Å²) in [4.78, 5) is 24.0. The molecule has 2 aromatic rings. The number of aryl methyl sites for hydroxylation is 1. The summed E-state index contributed by atoms with van der Waals surface area (Å²) in [6, 6.07) is 8.40. The second-order valence-electron chi connectivity index (χ2n) is 6.87. The molecule has 0 unspecified atom stereocenters. The Balaban J connectivity index is 0.00000300. The molecule has 1 amide bonds. The summed E-state index contributed by atoms with van der Waals surface area (Å²) >= 11 is 0. The third-order valence-electron chi connectivity index (χ3n) is 4.98. The molecule has 1 saturated heterocycles. The van der Waals surface area contributed by atoms with Gasteiger partial charge in [-0.25, -0.2) is 4.79 Å². The summed E-state index contributed by atoms with van der Waals surface area (Å²) in [5.41, 5.74) is 2.53. The Bertz CT molecular complexity index is 799. The summed E-state index contributed by atoms with van der Waals surface area (Å²) in [6.07, 6.45) is 3.89. The zero-order chi connectivity index (χ0) is 19.8. The molecule has 0 bridgehead atoms. The molecule has 3 rings (SSSR count). The monoisotopic (exact) mass is 513 g/mol.